The van der Waals surface area contributed by atoms with Crippen molar-refractivity contribution in [2.45, 2.75) is 12.8 Å². The fraction of sp³-hybridized carbons (Fsp3) is 0.308. The van der Waals surface area contributed by atoms with Crippen molar-refractivity contribution in [2.75, 3.05) is 51.0 Å². The maximum absolute atomic E-state index is 13.4. The molecule has 38 heavy (non-hydrogen) atoms. The molecule has 0 spiro atoms. The van der Waals surface area contributed by atoms with Gasteiger partial charge in [0.25, 0.3) is 0 Å². The fourth-order valence-corrected chi connectivity index (χ4v) is 3.80. The maximum Gasteiger partial charge on any atom is 0.319 e. The van der Waals surface area contributed by atoms with E-state index in [-0.39, 0.29) is 72.6 Å². The van der Waals surface area contributed by atoms with Crippen molar-refractivity contribution < 1.29 is 38.2 Å². The lowest BCUT2D eigenvalue weighted by Crippen LogP contribution is -2.29. The van der Waals surface area contributed by atoms with E-state index in [4.69, 9.17) is 0 Å². The molecule has 2 amide bonds. The minimum Gasteiger partial charge on any atom is -0.468 e. The van der Waals surface area contributed by atoms with Gasteiger partial charge < -0.3 is 30.7 Å². The number of ketones is 2. The Kier molecular flexibility index (Phi) is 9.79. The summed E-state index contributed by atoms with van der Waals surface area (Å²) in [5.74, 6) is -2.69. The Hall–Kier alpha value is -4.42. The first kappa shape index (κ1) is 28.2. The van der Waals surface area contributed by atoms with Gasteiger partial charge in [-0.2, -0.15) is 0 Å². The Morgan fingerprint density at radius 1 is 0.658 bits per heavy atom. The second-order valence-electron chi connectivity index (χ2n) is 8.22. The van der Waals surface area contributed by atoms with Crippen LogP contribution in [0.2, 0.25) is 0 Å². The zero-order chi connectivity index (χ0) is 27.7. The van der Waals surface area contributed by atoms with Crippen molar-refractivity contribution in [3.63, 3.8) is 0 Å². The summed E-state index contributed by atoms with van der Waals surface area (Å²) in [6.45, 7) is 0.314. The topological polar surface area (TPSA) is 169 Å². The summed E-state index contributed by atoms with van der Waals surface area (Å²) in [5, 5.41) is 10.9. The summed E-state index contributed by atoms with van der Waals surface area (Å²) in [6, 6.07) is 9.13. The predicted molar refractivity (Wildman–Crippen MR) is 136 cm³/mol. The van der Waals surface area contributed by atoms with Gasteiger partial charge in [0.2, 0.25) is 11.8 Å². The van der Waals surface area contributed by atoms with Crippen LogP contribution in [-0.2, 0) is 28.7 Å². The first-order valence-corrected chi connectivity index (χ1v) is 11.8. The second-order valence-corrected chi connectivity index (χ2v) is 8.22. The van der Waals surface area contributed by atoms with Gasteiger partial charge in [-0.3, -0.25) is 28.8 Å². The highest BCUT2D eigenvalue weighted by Gasteiger charge is 2.34. The molecule has 0 bridgehead atoms. The minimum absolute atomic E-state index is 0.0179. The summed E-state index contributed by atoms with van der Waals surface area (Å²) in [7, 11) is 2.52. The number of amides is 2. The third-order valence-electron chi connectivity index (χ3n) is 5.67. The highest BCUT2D eigenvalue weighted by Crippen LogP contribution is 2.35. The number of methoxy groups -OCH3 is 2. The summed E-state index contributed by atoms with van der Waals surface area (Å²) in [5.41, 5.74) is 0.718. The molecule has 0 fully saturated rings. The molecule has 0 aliphatic heterocycles. The minimum atomic E-state index is -0.467. The van der Waals surface area contributed by atoms with Crippen LogP contribution in [0.15, 0.2) is 36.4 Å². The van der Waals surface area contributed by atoms with Crippen LogP contribution in [0, 0.1) is 0 Å². The smallest absolute Gasteiger partial charge is 0.319 e. The van der Waals surface area contributed by atoms with Crippen molar-refractivity contribution >= 4 is 46.7 Å². The van der Waals surface area contributed by atoms with Crippen LogP contribution < -0.4 is 21.3 Å². The summed E-state index contributed by atoms with van der Waals surface area (Å²) in [6.07, 6.45) is 0.0358. The summed E-state index contributed by atoms with van der Waals surface area (Å²) < 4.78 is 9.03. The molecule has 1 aliphatic rings. The van der Waals surface area contributed by atoms with Gasteiger partial charge in [0, 0.05) is 37.1 Å². The molecule has 0 saturated carbocycles. The average molecular weight is 525 g/mol. The number of carbonyl (C=O) groups is 6. The van der Waals surface area contributed by atoms with Crippen LogP contribution in [0.25, 0.3) is 0 Å². The fourth-order valence-electron chi connectivity index (χ4n) is 3.80. The van der Waals surface area contributed by atoms with E-state index in [1.807, 2.05) is 0 Å². The number of hydrogen-bond acceptors (Lipinski definition) is 10. The monoisotopic (exact) mass is 524 g/mol. The summed E-state index contributed by atoms with van der Waals surface area (Å²) in [4.78, 5) is 74.1. The molecule has 2 aromatic carbocycles. The van der Waals surface area contributed by atoms with E-state index in [0.717, 1.165) is 0 Å². The number of rotatable bonds is 12. The molecule has 0 aromatic heterocycles. The highest BCUT2D eigenvalue weighted by molar-refractivity contribution is 6.32. The molecule has 1 aliphatic carbocycles. The third kappa shape index (κ3) is 6.87. The molecule has 0 atom stereocenters. The Morgan fingerprint density at radius 3 is 1.42 bits per heavy atom. The molecule has 200 valence electrons. The number of anilines is 2. The predicted octanol–water partition coefficient (Wildman–Crippen LogP) is 0.644. The van der Waals surface area contributed by atoms with Crippen molar-refractivity contribution in [3.8, 4) is 0 Å². The van der Waals surface area contributed by atoms with E-state index < -0.39 is 35.3 Å². The number of esters is 2. The first-order valence-electron chi connectivity index (χ1n) is 11.8. The second kappa shape index (κ2) is 13.2. The Labute approximate surface area is 218 Å². The quantitative estimate of drug-likeness (QED) is 0.195. The van der Waals surface area contributed by atoms with E-state index in [9.17, 15) is 28.8 Å². The summed E-state index contributed by atoms with van der Waals surface area (Å²) >= 11 is 0. The van der Waals surface area contributed by atoms with Crippen LogP contribution in [0.5, 0.6) is 0 Å². The van der Waals surface area contributed by atoms with Crippen LogP contribution in [0.3, 0.4) is 0 Å². The zero-order valence-corrected chi connectivity index (χ0v) is 21.0. The van der Waals surface area contributed by atoms with E-state index in [1.54, 1.807) is 12.1 Å². The number of fused-ring (bicyclic) bond motifs is 2. The lowest BCUT2D eigenvalue weighted by Gasteiger charge is -2.22. The number of benzene rings is 2. The molecule has 0 radical (unpaired) electrons. The molecule has 0 heterocycles. The molecule has 0 unspecified atom stereocenters. The molecule has 2 aromatic rings. The largest absolute Gasteiger partial charge is 0.468 e. The molecular weight excluding hydrogens is 496 g/mol. The van der Waals surface area contributed by atoms with Crippen LogP contribution in [0.1, 0.15) is 44.7 Å². The van der Waals surface area contributed by atoms with Gasteiger partial charge in [0.05, 0.1) is 49.8 Å². The normalized spacial score (nSPS) is 11.7. The van der Waals surface area contributed by atoms with Crippen molar-refractivity contribution in [1.82, 2.24) is 10.6 Å². The molecule has 0 saturated heterocycles. The van der Waals surface area contributed by atoms with Crippen LogP contribution in [0.4, 0.5) is 11.4 Å². The van der Waals surface area contributed by atoms with E-state index in [2.05, 4.69) is 30.7 Å². The van der Waals surface area contributed by atoms with Gasteiger partial charge >= 0.3 is 11.9 Å². The van der Waals surface area contributed by atoms with Gasteiger partial charge in [-0.1, -0.05) is 24.3 Å². The molecule has 12 heteroatoms. The Bertz CT molecular complexity index is 1180. The highest BCUT2D eigenvalue weighted by atomic mass is 16.5. The number of carbonyl (C=O) groups excluding carboxylic acids is 6. The SMILES string of the molecule is COC(=O)CNCCC(=O)Nc1cccc2c1C(=O)c1cccc(NC(=O)CCNCC(=O)OC)c1C2=O. The van der Waals surface area contributed by atoms with Gasteiger partial charge in [0.1, 0.15) is 0 Å². The molecular formula is C26H28N4O8. The number of ether oxygens (including phenoxy) is 2. The van der Waals surface area contributed by atoms with Gasteiger partial charge in [-0.05, 0) is 12.1 Å². The Morgan fingerprint density at radius 2 is 1.05 bits per heavy atom. The molecule has 4 N–H and O–H groups in total. The van der Waals surface area contributed by atoms with Crippen LogP contribution >= 0.6 is 0 Å². The van der Waals surface area contributed by atoms with Crippen LogP contribution in [-0.4, -0.2) is 75.7 Å². The van der Waals surface area contributed by atoms with Crippen molar-refractivity contribution in [2.24, 2.45) is 0 Å². The average Bonchev–Trinajstić information content (AvgIpc) is 2.91. The van der Waals surface area contributed by atoms with Gasteiger partial charge in [-0.15, -0.1) is 0 Å². The van der Waals surface area contributed by atoms with Crippen molar-refractivity contribution in [1.29, 1.82) is 0 Å². The third-order valence-corrected chi connectivity index (χ3v) is 5.67. The Balaban J connectivity index is 1.72. The standard InChI is InChI=1S/C26H28N4O8/c1-37-21(33)13-27-11-9-19(31)29-17-7-3-5-15-23(17)25(35)16-6-4-8-18(24(16)26(15)36)30-20(32)10-12-28-14-22(34)38-2/h3-8,27-28H,9-14H2,1-2H3,(H,29,31)(H,30,32). The van der Waals surface area contributed by atoms with Crippen molar-refractivity contribution in [3.05, 3.63) is 58.7 Å². The zero-order valence-electron chi connectivity index (χ0n) is 21.0. The number of hydrogen-bond donors (Lipinski definition) is 4. The van der Waals surface area contributed by atoms with E-state index in [1.165, 1.54) is 38.5 Å². The van der Waals surface area contributed by atoms with E-state index in [0.29, 0.717) is 0 Å². The van der Waals surface area contributed by atoms with Gasteiger partial charge in [-0.25, -0.2) is 0 Å². The lowest BCUT2D eigenvalue weighted by atomic mass is 9.82. The maximum atomic E-state index is 13.4. The van der Waals surface area contributed by atoms with E-state index >= 15 is 0 Å². The number of nitrogens with one attached hydrogen (secondary N) is 4. The lowest BCUT2D eigenvalue weighted by molar-refractivity contribution is -0.140. The van der Waals surface area contributed by atoms with Gasteiger partial charge in [0.15, 0.2) is 11.6 Å². The molecule has 12 nitrogen and oxygen atoms in total. The molecule has 3 rings (SSSR count). The first-order chi connectivity index (χ1) is 18.3.